The maximum atomic E-state index is 11.4. The molecular formula is C9H17N3O2S. The van der Waals surface area contributed by atoms with Gasteiger partial charge in [0, 0.05) is 11.3 Å². The van der Waals surface area contributed by atoms with Crippen LogP contribution in [0, 0.1) is 0 Å². The number of hydrogen-bond acceptors (Lipinski definition) is 4. The van der Waals surface area contributed by atoms with Gasteiger partial charge in [-0.3, -0.25) is 4.79 Å². The molecule has 0 aromatic carbocycles. The summed E-state index contributed by atoms with van der Waals surface area (Å²) in [5, 5.41) is 14.5. The minimum atomic E-state index is -0.170. The molecule has 0 heterocycles. The molecule has 0 saturated heterocycles. The third-order valence-corrected chi connectivity index (χ3v) is 3.74. The van der Waals surface area contributed by atoms with Gasteiger partial charge in [0.25, 0.3) is 0 Å². The van der Waals surface area contributed by atoms with Crippen LogP contribution in [0.5, 0.6) is 0 Å². The van der Waals surface area contributed by atoms with Crippen LogP contribution in [-0.4, -0.2) is 34.5 Å². The summed E-state index contributed by atoms with van der Waals surface area (Å²) < 4.78 is 0. The maximum absolute atomic E-state index is 11.4. The monoisotopic (exact) mass is 231 g/mol. The SMILES string of the molecule is CSC1CCCC1NC(=O)CC(N)=NO. The lowest BCUT2D eigenvalue weighted by Gasteiger charge is -2.18. The van der Waals surface area contributed by atoms with Crippen molar-refractivity contribution in [2.45, 2.75) is 37.0 Å². The average molecular weight is 231 g/mol. The highest BCUT2D eigenvalue weighted by molar-refractivity contribution is 7.99. The number of hydrogen-bond donors (Lipinski definition) is 3. The second-order valence-corrected chi connectivity index (χ2v) is 4.72. The fraction of sp³-hybridized carbons (Fsp3) is 0.778. The van der Waals surface area contributed by atoms with Gasteiger partial charge in [0.15, 0.2) is 0 Å². The molecule has 0 radical (unpaired) electrons. The summed E-state index contributed by atoms with van der Waals surface area (Å²) in [5.41, 5.74) is 5.25. The van der Waals surface area contributed by atoms with Gasteiger partial charge in [0.1, 0.15) is 5.84 Å². The Labute approximate surface area is 93.5 Å². The van der Waals surface area contributed by atoms with E-state index in [1.807, 2.05) is 0 Å². The molecule has 6 heteroatoms. The van der Waals surface area contributed by atoms with E-state index in [-0.39, 0.29) is 24.2 Å². The number of amidine groups is 1. The molecule has 1 aliphatic rings. The fourth-order valence-electron chi connectivity index (χ4n) is 1.83. The Morgan fingerprint density at radius 3 is 3.00 bits per heavy atom. The zero-order valence-electron chi connectivity index (χ0n) is 8.77. The minimum absolute atomic E-state index is 0.0336. The summed E-state index contributed by atoms with van der Waals surface area (Å²) >= 11 is 1.78. The van der Waals surface area contributed by atoms with Crippen molar-refractivity contribution in [3.63, 3.8) is 0 Å². The molecule has 0 aromatic rings. The summed E-state index contributed by atoms with van der Waals surface area (Å²) in [5.74, 6) is -0.220. The maximum Gasteiger partial charge on any atom is 0.227 e. The van der Waals surface area contributed by atoms with E-state index in [1.165, 1.54) is 0 Å². The fourth-order valence-corrected chi connectivity index (χ4v) is 2.77. The number of nitrogens with one attached hydrogen (secondary N) is 1. The van der Waals surface area contributed by atoms with Gasteiger partial charge in [0.05, 0.1) is 6.42 Å². The van der Waals surface area contributed by atoms with Gasteiger partial charge in [-0.05, 0) is 19.1 Å². The van der Waals surface area contributed by atoms with E-state index in [1.54, 1.807) is 11.8 Å². The van der Waals surface area contributed by atoms with Crippen molar-refractivity contribution in [2.24, 2.45) is 10.9 Å². The smallest absolute Gasteiger partial charge is 0.227 e. The van der Waals surface area contributed by atoms with E-state index in [0.29, 0.717) is 5.25 Å². The first-order valence-corrected chi connectivity index (χ1v) is 6.24. The Morgan fingerprint density at radius 2 is 2.40 bits per heavy atom. The molecule has 15 heavy (non-hydrogen) atoms. The molecule has 1 fully saturated rings. The number of thioether (sulfide) groups is 1. The van der Waals surface area contributed by atoms with Gasteiger partial charge in [-0.15, -0.1) is 0 Å². The lowest BCUT2D eigenvalue weighted by molar-refractivity contribution is -0.120. The first-order chi connectivity index (χ1) is 7.17. The highest BCUT2D eigenvalue weighted by atomic mass is 32.2. The Balaban J connectivity index is 2.37. The van der Waals surface area contributed by atoms with Crippen molar-refractivity contribution in [2.75, 3.05) is 6.26 Å². The lowest BCUT2D eigenvalue weighted by Crippen LogP contribution is -2.40. The molecule has 86 valence electrons. The highest BCUT2D eigenvalue weighted by Gasteiger charge is 2.27. The van der Waals surface area contributed by atoms with E-state index in [9.17, 15) is 4.79 Å². The molecule has 1 aliphatic carbocycles. The Kier molecular flexibility index (Phi) is 4.74. The average Bonchev–Trinajstić information content (AvgIpc) is 2.64. The molecule has 0 aliphatic heterocycles. The van der Waals surface area contributed by atoms with Crippen molar-refractivity contribution in [3.8, 4) is 0 Å². The summed E-state index contributed by atoms with van der Waals surface area (Å²) in [7, 11) is 0. The van der Waals surface area contributed by atoms with Crippen LogP contribution in [0.1, 0.15) is 25.7 Å². The second kappa shape index (κ2) is 5.85. The number of carbonyl (C=O) groups excluding carboxylic acids is 1. The first kappa shape index (κ1) is 12.2. The molecular weight excluding hydrogens is 214 g/mol. The Hall–Kier alpha value is -0.910. The number of nitrogens with zero attached hydrogens (tertiary/aromatic N) is 1. The molecule has 1 rings (SSSR count). The van der Waals surface area contributed by atoms with Crippen LogP contribution in [0.2, 0.25) is 0 Å². The molecule has 2 unspecified atom stereocenters. The van der Waals surface area contributed by atoms with Gasteiger partial charge in [-0.25, -0.2) is 0 Å². The normalized spacial score (nSPS) is 26.6. The van der Waals surface area contributed by atoms with Gasteiger partial charge in [-0.2, -0.15) is 11.8 Å². The predicted octanol–water partition coefficient (Wildman–Crippen LogP) is 0.523. The van der Waals surface area contributed by atoms with Crippen LogP contribution in [0.15, 0.2) is 5.16 Å². The number of carbonyl (C=O) groups is 1. The van der Waals surface area contributed by atoms with Gasteiger partial charge in [-0.1, -0.05) is 11.6 Å². The van der Waals surface area contributed by atoms with E-state index in [0.717, 1.165) is 19.3 Å². The van der Waals surface area contributed by atoms with E-state index in [4.69, 9.17) is 10.9 Å². The standard InChI is InChI=1S/C9H17N3O2S/c1-15-7-4-2-3-6(7)11-9(13)5-8(10)12-14/h6-7,14H,2-5H2,1H3,(H2,10,12)(H,11,13). The van der Waals surface area contributed by atoms with Gasteiger partial charge in [0.2, 0.25) is 5.91 Å². The summed E-state index contributed by atoms with van der Waals surface area (Å²) in [6, 6.07) is 0.235. The van der Waals surface area contributed by atoms with Crippen LogP contribution >= 0.6 is 11.8 Å². The van der Waals surface area contributed by atoms with Crippen molar-refractivity contribution in [1.82, 2.24) is 5.32 Å². The summed E-state index contributed by atoms with van der Waals surface area (Å²) in [6.45, 7) is 0. The molecule has 5 nitrogen and oxygen atoms in total. The van der Waals surface area contributed by atoms with Crippen LogP contribution in [0.3, 0.4) is 0 Å². The second-order valence-electron chi connectivity index (χ2n) is 3.65. The zero-order chi connectivity index (χ0) is 11.3. The first-order valence-electron chi connectivity index (χ1n) is 4.96. The summed E-state index contributed by atoms with van der Waals surface area (Å²) in [6.07, 6.45) is 5.34. The molecule has 1 amide bonds. The number of rotatable bonds is 4. The largest absolute Gasteiger partial charge is 0.409 e. The van der Waals surface area contributed by atoms with Crippen LogP contribution in [0.4, 0.5) is 0 Å². The zero-order valence-corrected chi connectivity index (χ0v) is 9.59. The van der Waals surface area contributed by atoms with Gasteiger partial charge < -0.3 is 16.3 Å². The molecule has 0 spiro atoms. The lowest BCUT2D eigenvalue weighted by atomic mass is 10.2. The quantitative estimate of drug-likeness (QED) is 0.285. The Bertz CT molecular complexity index is 258. The van der Waals surface area contributed by atoms with Crippen LogP contribution < -0.4 is 11.1 Å². The third-order valence-electron chi connectivity index (χ3n) is 2.57. The molecule has 1 saturated carbocycles. The van der Waals surface area contributed by atoms with Crippen molar-refractivity contribution >= 4 is 23.5 Å². The molecule has 2 atom stereocenters. The number of amides is 1. The van der Waals surface area contributed by atoms with E-state index in [2.05, 4.69) is 16.7 Å². The number of nitrogens with two attached hydrogens (primary N) is 1. The van der Waals surface area contributed by atoms with E-state index < -0.39 is 0 Å². The number of oxime groups is 1. The minimum Gasteiger partial charge on any atom is -0.409 e. The molecule has 0 aromatic heterocycles. The third kappa shape index (κ3) is 3.62. The Morgan fingerprint density at radius 1 is 1.67 bits per heavy atom. The predicted molar refractivity (Wildman–Crippen MR) is 61.1 cm³/mol. The molecule has 4 N–H and O–H groups in total. The molecule has 0 bridgehead atoms. The van der Waals surface area contributed by atoms with Crippen molar-refractivity contribution < 1.29 is 10.0 Å². The summed E-state index contributed by atoms with van der Waals surface area (Å²) in [4.78, 5) is 11.4. The van der Waals surface area contributed by atoms with Gasteiger partial charge >= 0.3 is 0 Å². The van der Waals surface area contributed by atoms with E-state index >= 15 is 0 Å². The highest BCUT2D eigenvalue weighted by Crippen LogP contribution is 2.28. The van der Waals surface area contributed by atoms with Crippen molar-refractivity contribution in [1.29, 1.82) is 0 Å². The van der Waals surface area contributed by atoms with Crippen LogP contribution in [0.25, 0.3) is 0 Å². The van der Waals surface area contributed by atoms with Crippen LogP contribution in [-0.2, 0) is 4.79 Å². The topological polar surface area (TPSA) is 87.7 Å². The van der Waals surface area contributed by atoms with Crippen molar-refractivity contribution in [3.05, 3.63) is 0 Å².